The van der Waals surface area contributed by atoms with Gasteiger partial charge in [-0.05, 0) is 45.3 Å². The number of hydrogen-bond donors (Lipinski definition) is 3. The first-order chi connectivity index (χ1) is 12.8. The van der Waals surface area contributed by atoms with Gasteiger partial charge in [-0.3, -0.25) is 4.79 Å². The first-order valence-corrected chi connectivity index (χ1v) is 8.41. The monoisotopic (exact) mass is 367 g/mol. The largest absolute Gasteiger partial charge is 0.383 e. The summed E-state index contributed by atoms with van der Waals surface area (Å²) in [4.78, 5) is 23.9. The molecule has 0 aliphatic rings. The fraction of sp³-hybridized carbons (Fsp3) is 0.263. The van der Waals surface area contributed by atoms with E-state index in [0.29, 0.717) is 17.9 Å². The van der Waals surface area contributed by atoms with Crippen LogP contribution in [0.3, 0.4) is 0 Å². The van der Waals surface area contributed by atoms with Crippen LogP contribution < -0.4 is 16.0 Å². The highest BCUT2D eigenvalue weighted by Crippen LogP contribution is 2.24. The van der Waals surface area contributed by atoms with Crippen molar-refractivity contribution in [2.75, 3.05) is 43.6 Å². The number of rotatable bonds is 7. The Labute approximate surface area is 159 Å². The topological polar surface area (TPSA) is 111 Å². The lowest BCUT2D eigenvalue weighted by molar-refractivity contribution is -0.113. The van der Waals surface area contributed by atoms with Crippen molar-refractivity contribution in [3.05, 3.63) is 48.3 Å². The Kier molecular flexibility index (Phi) is 6.62. The minimum absolute atomic E-state index is 0.0946. The summed E-state index contributed by atoms with van der Waals surface area (Å²) < 4.78 is 0. The molecule has 0 spiro atoms. The maximum absolute atomic E-state index is 12.2. The SMILES string of the molecule is CC(=N)c1c(N)ncnc1Nc1ccc(N(C)C(=O)/C=C/CN(C)C)cc1. The van der Waals surface area contributed by atoms with Gasteiger partial charge in [-0.25, -0.2) is 9.97 Å². The van der Waals surface area contributed by atoms with Crippen molar-refractivity contribution in [2.45, 2.75) is 6.92 Å². The molecular weight excluding hydrogens is 342 g/mol. The van der Waals surface area contributed by atoms with E-state index in [1.165, 1.54) is 6.33 Å². The summed E-state index contributed by atoms with van der Waals surface area (Å²) in [6, 6.07) is 7.34. The van der Waals surface area contributed by atoms with Crippen LogP contribution >= 0.6 is 0 Å². The molecule has 0 atom stereocenters. The van der Waals surface area contributed by atoms with Gasteiger partial charge >= 0.3 is 0 Å². The molecule has 2 aromatic rings. The number of anilines is 4. The van der Waals surface area contributed by atoms with Crippen molar-refractivity contribution in [2.24, 2.45) is 0 Å². The minimum Gasteiger partial charge on any atom is -0.383 e. The molecule has 0 fully saturated rings. The van der Waals surface area contributed by atoms with Gasteiger partial charge in [0.1, 0.15) is 18.0 Å². The Morgan fingerprint density at radius 2 is 1.89 bits per heavy atom. The van der Waals surface area contributed by atoms with Gasteiger partial charge in [0.25, 0.3) is 0 Å². The lowest BCUT2D eigenvalue weighted by Crippen LogP contribution is -2.24. The first kappa shape index (κ1) is 20.1. The van der Waals surface area contributed by atoms with Crippen molar-refractivity contribution in [3.63, 3.8) is 0 Å². The van der Waals surface area contributed by atoms with Crippen LogP contribution in [0.25, 0.3) is 0 Å². The Morgan fingerprint density at radius 1 is 1.22 bits per heavy atom. The summed E-state index contributed by atoms with van der Waals surface area (Å²) in [6.07, 6.45) is 4.75. The summed E-state index contributed by atoms with van der Waals surface area (Å²) in [6.45, 7) is 2.34. The maximum Gasteiger partial charge on any atom is 0.250 e. The number of nitrogens with zero attached hydrogens (tertiary/aromatic N) is 4. The molecule has 0 aliphatic carbocycles. The normalized spacial score (nSPS) is 11.0. The fourth-order valence-electron chi connectivity index (χ4n) is 2.37. The molecule has 1 aromatic carbocycles. The van der Waals surface area contributed by atoms with E-state index in [9.17, 15) is 4.79 Å². The molecular formula is C19H25N7O. The number of carbonyl (C=O) groups excluding carboxylic acids is 1. The minimum atomic E-state index is -0.0946. The Bertz CT molecular complexity index is 844. The number of carbonyl (C=O) groups is 1. The lowest BCUT2D eigenvalue weighted by Gasteiger charge is -2.17. The van der Waals surface area contributed by atoms with Crippen molar-refractivity contribution < 1.29 is 4.79 Å². The first-order valence-electron chi connectivity index (χ1n) is 8.41. The zero-order valence-electron chi connectivity index (χ0n) is 16.0. The number of nitrogens with one attached hydrogen (secondary N) is 2. The van der Waals surface area contributed by atoms with E-state index in [4.69, 9.17) is 11.1 Å². The highest BCUT2D eigenvalue weighted by Gasteiger charge is 2.12. The summed E-state index contributed by atoms with van der Waals surface area (Å²) in [5.41, 5.74) is 8.13. The molecule has 0 bridgehead atoms. The van der Waals surface area contributed by atoms with Gasteiger partial charge in [-0.1, -0.05) is 6.08 Å². The second-order valence-electron chi connectivity index (χ2n) is 6.34. The third-order valence-electron chi connectivity index (χ3n) is 3.83. The van der Waals surface area contributed by atoms with E-state index >= 15 is 0 Å². The van der Waals surface area contributed by atoms with Crippen molar-refractivity contribution >= 4 is 34.6 Å². The standard InChI is InChI=1S/C19H25N7O/c1-13(20)17-18(21)22-12-23-19(17)24-14-7-9-15(10-8-14)26(4)16(27)6-5-11-25(2)3/h5-10,12,20H,11H2,1-4H3,(H3,21,22,23,24)/b6-5+,20-13?. The molecule has 2 rings (SSSR count). The van der Waals surface area contributed by atoms with Crippen molar-refractivity contribution in [1.29, 1.82) is 5.41 Å². The van der Waals surface area contributed by atoms with Crippen LogP contribution in [0.15, 0.2) is 42.7 Å². The van der Waals surface area contributed by atoms with Crippen LogP contribution in [0.4, 0.5) is 23.0 Å². The van der Waals surface area contributed by atoms with Gasteiger partial charge < -0.3 is 26.3 Å². The average molecular weight is 367 g/mol. The van der Waals surface area contributed by atoms with Crippen molar-refractivity contribution in [3.8, 4) is 0 Å². The van der Waals surface area contributed by atoms with Gasteiger partial charge in [0, 0.05) is 36.8 Å². The molecule has 27 heavy (non-hydrogen) atoms. The van der Waals surface area contributed by atoms with Crippen LogP contribution in [0, 0.1) is 5.41 Å². The van der Waals surface area contributed by atoms with Crippen LogP contribution in [-0.2, 0) is 4.79 Å². The predicted octanol–water partition coefficient (Wildman–Crippen LogP) is 2.27. The number of aromatic nitrogens is 2. The quantitative estimate of drug-likeness (QED) is 0.511. The molecule has 0 radical (unpaired) electrons. The Balaban J connectivity index is 2.12. The summed E-state index contributed by atoms with van der Waals surface area (Å²) >= 11 is 0. The molecule has 0 saturated heterocycles. The number of nitrogens with two attached hydrogens (primary N) is 1. The van der Waals surface area contributed by atoms with E-state index in [0.717, 1.165) is 11.4 Å². The van der Waals surface area contributed by atoms with Gasteiger partial charge in [-0.15, -0.1) is 0 Å². The predicted molar refractivity (Wildman–Crippen MR) is 110 cm³/mol. The van der Waals surface area contributed by atoms with E-state index in [2.05, 4.69) is 15.3 Å². The molecule has 0 saturated carbocycles. The third kappa shape index (κ3) is 5.35. The van der Waals surface area contributed by atoms with Gasteiger partial charge in [0.15, 0.2) is 0 Å². The summed E-state index contributed by atoms with van der Waals surface area (Å²) in [5.74, 6) is 0.633. The fourth-order valence-corrected chi connectivity index (χ4v) is 2.37. The van der Waals surface area contributed by atoms with E-state index in [1.807, 2.05) is 49.3 Å². The molecule has 1 amide bonds. The van der Waals surface area contributed by atoms with E-state index in [1.54, 1.807) is 24.9 Å². The smallest absolute Gasteiger partial charge is 0.250 e. The molecule has 4 N–H and O–H groups in total. The van der Waals surface area contributed by atoms with Crippen LogP contribution in [0.5, 0.6) is 0 Å². The van der Waals surface area contributed by atoms with Crippen LogP contribution in [0.1, 0.15) is 12.5 Å². The number of amides is 1. The molecule has 8 heteroatoms. The van der Waals surface area contributed by atoms with Gasteiger partial charge in [0.05, 0.1) is 5.56 Å². The van der Waals surface area contributed by atoms with E-state index < -0.39 is 0 Å². The zero-order valence-corrected chi connectivity index (χ0v) is 16.0. The Hall–Kier alpha value is -3.26. The second kappa shape index (κ2) is 8.91. The number of nitrogen functional groups attached to an aromatic ring is 1. The van der Waals surface area contributed by atoms with Crippen LogP contribution in [0.2, 0.25) is 0 Å². The highest BCUT2D eigenvalue weighted by atomic mass is 16.2. The molecule has 1 aromatic heterocycles. The average Bonchev–Trinajstić information content (AvgIpc) is 2.61. The highest BCUT2D eigenvalue weighted by molar-refractivity contribution is 6.05. The van der Waals surface area contributed by atoms with E-state index in [-0.39, 0.29) is 17.4 Å². The molecule has 8 nitrogen and oxygen atoms in total. The molecule has 1 heterocycles. The number of likely N-dealkylation sites (N-methyl/N-ethyl adjacent to an activating group) is 2. The maximum atomic E-state index is 12.2. The summed E-state index contributed by atoms with van der Waals surface area (Å²) in [7, 11) is 5.62. The van der Waals surface area contributed by atoms with Gasteiger partial charge in [-0.2, -0.15) is 0 Å². The van der Waals surface area contributed by atoms with Crippen LogP contribution in [-0.4, -0.2) is 54.2 Å². The van der Waals surface area contributed by atoms with Gasteiger partial charge in [0.2, 0.25) is 5.91 Å². The van der Waals surface area contributed by atoms with Crippen molar-refractivity contribution in [1.82, 2.24) is 14.9 Å². The Morgan fingerprint density at radius 3 is 2.48 bits per heavy atom. The molecule has 0 unspecified atom stereocenters. The molecule has 142 valence electrons. The number of hydrogen-bond acceptors (Lipinski definition) is 7. The molecule has 0 aliphatic heterocycles. The lowest BCUT2D eigenvalue weighted by atomic mass is 10.2. The second-order valence-corrected chi connectivity index (χ2v) is 6.34. The summed E-state index contributed by atoms with van der Waals surface area (Å²) in [5, 5.41) is 11.0. The zero-order chi connectivity index (χ0) is 20.0. The third-order valence-corrected chi connectivity index (χ3v) is 3.83. The number of benzene rings is 1.